The van der Waals surface area contributed by atoms with Crippen LogP contribution in [0.25, 0.3) is 0 Å². The molecule has 0 aliphatic heterocycles. The molecule has 0 saturated heterocycles. The Morgan fingerprint density at radius 2 is 2.07 bits per heavy atom. The highest BCUT2D eigenvalue weighted by molar-refractivity contribution is 7.98. The summed E-state index contributed by atoms with van der Waals surface area (Å²) < 4.78 is 0. The van der Waals surface area contributed by atoms with Gasteiger partial charge in [0.05, 0.1) is 0 Å². The third-order valence-electron chi connectivity index (χ3n) is 1.96. The molecule has 0 fully saturated rings. The molecule has 0 aliphatic rings. The van der Waals surface area contributed by atoms with Crippen LogP contribution in [0.15, 0.2) is 4.99 Å². The molecule has 3 nitrogen and oxygen atoms in total. The van der Waals surface area contributed by atoms with E-state index in [0.717, 1.165) is 13.1 Å². The summed E-state index contributed by atoms with van der Waals surface area (Å²) in [4.78, 5) is 4.24. The Morgan fingerprint density at radius 1 is 1.33 bits per heavy atom. The van der Waals surface area contributed by atoms with Crippen molar-refractivity contribution in [2.45, 2.75) is 33.1 Å². The zero-order valence-corrected chi connectivity index (χ0v) is 11.1. The van der Waals surface area contributed by atoms with Gasteiger partial charge in [-0.15, -0.1) is 0 Å². The third kappa shape index (κ3) is 11.5. The Balaban J connectivity index is 3.30. The highest BCUT2D eigenvalue weighted by atomic mass is 32.2. The first-order valence-corrected chi connectivity index (χ1v) is 7.09. The molecule has 0 radical (unpaired) electrons. The van der Waals surface area contributed by atoms with E-state index in [1.54, 1.807) is 0 Å². The fourth-order valence-corrected chi connectivity index (χ4v) is 1.59. The number of unbranched alkanes of at least 4 members (excludes halogenated alkanes) is 2. The highest BCUT2D eigenvalue weighted by Gasteiger charge is 1.94. The van der Waals surface area contributed by atoms with Gasteiger partial charge in [0.1, 0.15) is 0 Å². The van der Waals surface area contributed by atoms with Crippen molar-refractivity contribution in [3.8, 4) is 0 Å². The van der Waals surface area contributed by atoms with Crippen molar-refractivity contribution in [3.05, 3.63) is 0 Å². The summed E-state index contributed by atoms with van der Waals surface area (Å²) in [5.41, 5.74) is 5.70. The molecular weight excluding hydrogens is 206 g/mol. The van der Waals surface area contributed by atoms with Gasteiger partial charge < -0.3 is 11.1 Å². The van der Waals surface area contributed by atoms with Gasteiger partial charge in [-0.1, -0.05) is 20.3 Å². The Kier molecular flexibility index (Phi) is 9.89. The zero-order valence-electron chi connectivity index (χ0n) is 10.3. The van der Waals surface area contributed by atoms with Gasteiger partial charge in [-0.25, -0.2) is 0 Å². The van der Waals surface area contributed by atoms with Gasteiger partial charge in [-0.2, -0.15) is 11.8 Å². The fourth-order valence-electron chi connectivity index (χ4n) is 1.10. The molecule has 0 aromatic heterocycles. The number of nitrogens with one attached hydrogen (secondary N) is 1. The van der Waals surface area contributed by atoms with E-state index in [1.807, 2.05) is 11.8 Å². The van der Waals surface area contributed by atoms with Crippen LogP contribution in [0.4, 0.5) is 0 Å². The minimum atomic E-state index is 0.576. The van der Waals surface area contributed by atoms with Gasteiger partial charge in [0.15, 0.2) is 5.96 Å². The number of nitrogens with two attached hydrogens (primary N) is 1. The van der Waals surface area contributed by atoms with Gasteiger partial charge in [0.2, 0.25) is 0 Å². The van der Waals surface area contributed by atoms with E-state index in [-0.39, 0.29) is 0 Å². The van der Waals surface area contributed by atoms with Gasteiger partial charge >= 0.3 is 0 Å². The van der Waals surface area contributed by atoms with Crippen LogP contribution in [-0.2, 0) is 0 Å². The zero-order chi connectivity index (χ0) is 11.5. The first kappa shape index (κ1) is 14.6. The Hall–Kier alpha value is -0.380. The van der Waals surface area contributed by atoms with Crippen molar-refractivity contribution in [2.75, 3.05) is 25.1 Å². The first-order chi connectivity index (χ1) is 7.16. The maximum Gasteiger partial charge on any atom is 0.188 e. The lowest BCUT2D eigenvalue weighted by Gasteiger charge is -2.06. The number of hydrogen-bond acceptors (Lipinski definition) is 2. The summed E-state index contributed by atoms with van der Waals surface area (Å²) in [5.74, 6) is 2.43. The van der Waals surface area contributed by atoms with Crippen LogP contribution >= 0.6 is 11.8 Å². The summed E-state index contributed by atoms with van der Waals surface area (Å²) in [5, 5.41) is 3.14. The molecule has 0 rings (SSSR count). The van der Waals surface area contributed by atoms with E-state index in [4.69, 9.17) is 5.73 Å². The quantitative estimate of drug-likeness (QED) is 0.382. The molecule has 0 spiro atoms. The molecule has 0 saturated carbocycles. The number of nitrogens with zero attached hydrogens (tertiary/aromatic N) is 1. The van der Waals surface area contributed by atoms with Gasteiger partial charge in [-0.05, 0) is 30.8 Å². The third-order valence-corrected chi connectivity index (χ3v) is 2.66. The van der Waals surface area contributed by atoms with E-state index in [1.165, 1.54) is 25.0 Å². The van der Waals surface area contributed by atoms with Crippen LogP contribution in [0.5, 0.6) is 0 Å². The normalized spacial score (nSPS) is 12.1. The second kappa shape index (κ2) is 10.1. The Labute approximate surface area is 98.3 Å². The predicted molar refractivity (Wildman–Crippen MR) is 71.6 cm³/mol. The van der Waals surface area contributed by atoms with E-state index in [9.17, 15) is 0 Å². The second-order valence-electron chi connectivity index (χ2n) is 4.10. The molecule has 0 atom stereocenters. The van der Waals surface area contributed by atoms with Crippen molar-refractivity contribution in [3.63, 3.8) is 0 Å². The van der Waals surface area contributed by atoms with Gasteiger partial charge in [0.25, 0.3) is 0 Å². The molecule has 0 aliphatic carbocycles. The van der Waals surface area contributed by atoms with E-state index < -0.39 is 0 Å². The summed E-state index contributed by atoms with van der Waals surface area (Å²) in [6.45, 7) is 6.03. The Bertz CT molecular complexity index is 169. The second-order valence-corrected chi connectivity index (χ2v) is 5.09. The lowest BCUT2D eigenvalue weighted by atomic mass is 10.2. The first-order valence-electron chi connectivity index (χ1n) is 5.69. The van der Waals surface area contributed by atoms with Crippen molar-refractivity contribution in [1.29, 1.82) is 0 Å². The molecule has 4 heteroatoms. The smallest absolute Gasteiger partial charge is 0.188 e. The average Bonchev–Trinajstić information content (AvgIpc) is 2.20. The molecule has 0 aromatic carbocycles. The summed E-state index contributed by atoms with van der Waals surface area (Å²) in [7, 11) is 0. The minimum Gasteiger partial charge on any atom is -0.370 e. The lowest BCUT2D eigenvalue weighted by molar-refractivity contribution is 0.656. The van der Waals surface area contributed by atoms with E-state index in [2.05, 4.69) is 30.4 Å². The topological polar surface area (TPSA) is 50.4 Å². The molecule has 90 valence electrons. The van der Waals surface area contributed by atoms with Crippen LogP contribution in [-0.4, -0.2) is 31.1 Å². The molecular formula is C11H25N3S. The fraction of sp³-hybridized carbons (Fsp3) is 0.909. The molecule has 0 unspecified atom stereocenters. The minimum absolute atomic E-state index is 0.576. The number of aliphatic imine (C=N–C) groups is 1. The summed E-state index contributed by atoms with van der Waals surface area (Å²) >= 11 is 1.91. The summed E-state index contributed by atoms with van der Waals surface area (Å²) in [6, 6.07) is 0. The van der Waals surface area contributed by atoms with Crippen LogP contribution in [0.1, 0.15) is 33.1 Å². The predicted octanol–water partition coefficient (Wildman–Crippen LogP) is 2.08. The van der Waals surface area contributed by atoms with Crippen molar-refractivity contribution in [1.82, 2.24) is 5.32 Å². The van der Waals surface area contributed by atoms with E-state index in [0.29, 0.717) is 11.9 Å². The number of hydrogen-bond donors (Lipinski definition) is 2. The van der Waals surface area contributed by atoms with Crippen molar-refractivity contribution in [2.24, 2.45) is 16.6 Å². The molecule has 0 amide bonds. The molecule has 0 heterocycles. The molecule has 15 heavy (non-hydrogen) atoms. The number of thioether (sulfide) groups is 1. The number of rotatable bonds is 8. The van der Waals surface area contributed by atoms with Crippen molar-refractivity contribution < 1.29 is 0 Å². The molecule has 0 bridgehead atoms. The average molecular weight is 231 g/mol. The monoisotopic (exact) mass is 231 g/mol. The summed E-state index contributed by atoms with van der Waals surface area (Å²) in [6.07, 6.45) is 5.89. The molecule has 3 N–H and O–H groups in total. The van der Waals surface area contributed by atoms with Crippen LogP contribution in [0.2, 0.25) is 0 Å². The highest BCUT2D eigenvalue weighted by Crippen LogP contribution is 2.01. The van der Waals surface area contributed by atoms with Crippen LogP contribution < -0.4 is 11.1 Å². The lowest BCUT2D eigenvalue weighted by Crippen LogP contribution is -2.32. The largest absolute Gasteiger partial charge is 0.370 e. The van der Waals surface area contributed by atoms with Crippen LogP contribution in [0, 0.1) is 5.92 Å². The number of guanidine groups is 1. The van der Waals surface area contributed by atoms with Gasteiger partial charge in [0, 0.05) is 13.1 Å². The maximum absolute atomic E-state index is 5.70. The molecule has 0 aromatic rings. The van der Waals surface area contributed by atoms with Crippen LogP contribution in [0.3, 0.4) is 0 Å². The van der Waals surface area contributed by atoms with Gasteiger partial charge in [-0.3, -0.25) is 4.99 Å². The standard InChI is InChI=1S/C11H25N3S/c1-10(2)9-14-11(12)13-7-5-4-6-8-15-3/h10H,4-9H2,1-3H3,(H3,12,13,14). The SMILES string of the molecule is CSCCCCCNC(N)=NCC(C)C. The van der Waals surface area contributed by atoms with Crippen molar-refractivity contribution >= 4 is 17.7 Å². The maximum atomic E-state index is 5.70. The Morgan fingerprint density at radius 3 is 2.67 bits per heavy atom. The van der Waals surface area contributed by atoms with E-state index >= 15 is 0 Å².